The summed E-state index contributed by atoms with van der Waals surface area (Å²) in [4.78, 5) is 38.4. The van der Waals surface area contributed by atoms with E-state index >= 15 is 0 Å². The SMILES string of the molecule is O=C(CN1CCN(C(=O)c2csc(Nc3ccc(Cl)c(Cl)c3)n2)CC1)N1CCN(c2ccccc2Cl)CC1. The molecule has 2 aromatic carbocycles. The zero-order chi connectivity index (χ0) is 26.6. The molecule has 0 unspecified atom stereocenters. The van der Waals surface area contributed by atoms with Crippen LogP contribution in [0.5, 0.6) is 0 Å². The predicted octanol–water partition coefficient (Wildman–Crippen LogP) is 4.95. The van der Waals surface area contributed by atoms with Crippen LogP contribution in [0.15, 0.2) is 47.8 Å². The molecule has 0 aliphatic carbocycles. The van der Waals surface area contributed by atoms with Gasteiger partial charge in [0.2, 0.25) is 5.91 Å². The molecule has 2 amide bonds. The van der Waals surface area contributed by atoms with E-state index in [4.69, 9.17) is 34.8 Å². The van der Waals surface area contributed by atoms with Crippen LogP contribution in [0.25, 0.3) is 0 Å². The Morgan fingerprint density at radius 3 is 2.26 bits per heavy atom. The smallest absolute Gasteiger partial charge is 0.273 e. The number of hydrogen-bond acceptors (Lipinski definition) is 7. The minimum Gasteiger partial charge on any atom is -0.367 e. The monoisotopic (exact) mass is 592 g/mol. The first-order chi connectivity index (χ1) is 18.4. The van der Waals surface area contributed by atoms with Gasteiger partial charge in [-0.3, -0.25) is 14.5 Å². The van der Waals surface area contributed by atoms with Gasteiger partial charge < -0.3 is 20.0 Å². The molecule has 12 heteroatoms. The standard InChI is InChI=1S/C26H27Cl3N6O2S/c27-19-6-5-18(15-21(19)29)30-26-31-22(17-38-26)25(37)35-9-7-32(8-10-35)16-24(36)34-13-11-33(12-14-34)23-4-2-1-3-20(23)28/h1-6,15,17H,7-14,16H2,(H,30,31). The maximum Gasteiger partial charge on any atom is 0.273 e. The summed E-state index contributed by atoms with van der Waals surface area (Å²) < 4.78 is 0. The number of rotatable bonds is 6. The maximum absolute atomic E-state index is 13.0. The molecule has 2 aliphatic rings. The van der Waals surface area contributed by atoms with E-state index in [1.54, 1.807) is 28.5 Å². The number of halogens is 3. The normalized spacial score (nSPS) is 16.6. The quantitative estimate of drug-likeness (QED) is 0.436. The van der Waals surface area contributed by atoms with Crippen LogP contribution in [-0.2, 0) is 4.79 Å². The molecular weight excluding hydrogens is 567 g/mol. The van der Waals surface area contributed by atoms with Crippen LogP contribution in [-0.4, -0.2) is 90.4 Å². The molecule has 0 spiro atoms. The third kappa shape index (κ3) is 6.35. The van der Waals surface area contributed by atoms with Crippen molar-refractivity contribution in [3.8, 4) is 0 Å². The Kier molecular flexibility index (Phi) is 8.60. The number of piperazine rings is 2. The zero-order valence-corrected chi connectivity index (χ0v) is 23.7. The summed E-state index contributed by atoms with van der Waals surface area (Å²) in [5.41, 5.74) is 2.16. The molecule has 3 aromatic rings. The number of anilines is 3. The molecule has 0 radical (unpaired) electrons. The van der Waals surface area contributed by atoms with Crippen molar-refractivity contribution >= 4 is 74.5 Å². The van der Waals surface area contributed by atoms with Crippen LogP contribution in [0, 0.1) is 0 Å². The van der Waals surface area contributed by atoms with E-state index in [1.807, 2.05) is 29.2 Å². The van der Waals surface area contributed by atoms with E-state index in [-0.39, 0.29) is 11.8 Å². The van der Waals surface area contributed by atoms with Crippen LogP contribution in [0.1, 0.15) is 10.5 Å². The van der Waals surface area contributed by atoms with Gasteiger partial charge in [-0.2, -0.15) is 0 Å². The molecular formula is C26H27Cl3N6O2S. The zero-order valence-electron chi connectivity index (χ0n) is 20.6. The van der Waals surface area contributed by atoms with Gasteiger partial charge in [-0.15, -0.1) is 11.3 Å². The molecule has 200 valence electrons. The Morgan fingerprint density at radius 1 is 0.842 bits per heavy atom. The van der Waals surface area contributed by atoms with Gasteiger partial charge in [0.25, 0.3) is 5.91 Å². The molecule has 38 heavy (non-hydrogen) atoms. The molecule has 1 aromatic heterocycles. The van der Waals surface area contributed by atoms with Gasteiger partial charge in [0.15, 0.2) is 5.13 Å². The van der Waals surface area contributed by atoms with E-state index < -0.39 is 0 Å². The minimum atomic E-state index is -0.106. The van der Waals surface area contributed by atoms with Crippen molar-refractivity contribution in [1.82, 2.24) is 19.7 Å². The average Bonchev–Trinajstić information content (AvgIpc) is 3.39. The first-order valence-corrected chi connectivity index (χ1v) is 14.4. The second kappa shape index (κ2) is 12.1. The molecule has 5 rings (SSSR count). The highest BCUT2D eigenvalue weighted by atomic mass is 35.5. The largest absolute Gasteiger partial charge is 0.367 e. The lowest BCUT2D eigenvalue weighted by Crippen LogP contribution is -2.54. The fraction of sp³-hybridized carbons (Fsp3) is 0.346. The van der Waals surface area contributed by atoms with Gasteiger partial charge in [-0.25, -0.2) is 4.98 Å². The number of nitrogens with zero attached hydrogens (tertiary/aromatic N) is 5. The predicted molar refractivity (Wildman–Crippen MR) is 154 cm³/mol. The van der Waals surface area contributed by atoms with E-state index in [2.05, 4.69) is 20.1 Å². The highest BCUT2D eigenvalue weighted by molar-refractivity contribution is 7.14. The van der Waals surface area contributed by atoms with Crippen molar-refractivity contribution in [1.29, 1.82) is 0 Å². The lowest BCUT2D eigenvalue weighted by atomic mass is 10.2. The second-order valence-corrected chi connectivity index (χ2v) is 11.3. The van der Waals surface area contributed by atoms with Gasteiger partial charge in [-0.05, 0) is 30.3 Å². The highest BCUT2D eigenvalue weighted by Gasteiger charge is 2.28. The van der Waals surface area contributed by atoms with E-state index in [0.717, 1.165) is 29.5 Å². The van der Waals surface area contributed by atoms with Crippen molar-refractivity contribution < 1.29 is 9.59 Å². The number of para-hydroxylation sites is 1. The van der Waals surface area contributed by atoms with Crippen molar-refractivity contribution in [2.75, 3.05) is 69.1 Å². The van der Waals surface area contributed by atoms with Crippen LogP contribution < -0.4 is 10.2 Å². The Morgan fingerprint density at radius 2 is 1.55 bits per heavy atom. The van der Waals surface area contributed by atoms with Gasteiger partial charge >= 0.3 is 0 Å². The van der Waals surface area contributed by atoms with Gasteiger partial charge in [-0.1, -0.05) is 46.9 Å². The Bertz CT molecular complexity index is 1310. The molecule has 0 saturated carbocycles. The number of hydrogen-bond donors (Lipinski definition) is 1. The third-order valence-electron chi connectivity index (χ3n) is 6.74. The van der Waals surface area contributed by atoms with Gasteiger partial charge in [0.05, 0.1) is 27.3 Å². The molecule has 2 saturated heterocycles. The lowest BCUT2D eigenvalue weighted by Gasteiger charge is -2.38. The van der Waals surface area contributed by atoms with Crippen LogP contribution in [0.2, 0.25) is 15.1 Å². The van der Waals surface area contributed by atoms with Crippen LogP contribution in [0.4, 0.5) is 16.5 Å². The first kappa shape index (κ1) is 27.0. The summed E-state index contributed by atoms with van der Waals surface area (Å²) in [6, 6.07) is 13.0. The van der Waals surface area contributed by atoms with Crippen molar-refractivity contribution in [2.45, 2.75) is 0 Å². The van der Waals surface area contributed by atoms with Crippen molar-refractivity contribution in [3.63, 3.8) is 0 Å². The Balaban J connectivity index is 1.07. The molecule has 2 aliphatic heterocycles. The van der Waals surface area contributed by atoms with Crippen LogP contribution >= 0.6 is 46.1 Å². The van der Waals surface area contributed by atoms with E-state index in [0.29, 0.717) is 66.7 Å². The summed E-state index contributed by atoms with van der Waals surface area (Å²) in [6.07, 6.45) is 0. The van der Waals surface area contributed by atoms with Gasteiger partial charge in [0, 0.05) is 63.4 Å². The fourth-order valence-electron chi connectivity index (χ4n) is 4.59. The number of benzene rings is 2. The summed E-state index contributed by atoms with van der Waals surface area (Å²) in [5, 5.41) is 7.16. The molecule has 1 N–H and O–H groups in total. The number of amides is 2. The Hall–Kier alpha value is -2.56. The number of thiazole rings is 1. The number of carbonyl (C=O) groups is 2. The minimum absolute atomic E-state index is 0.106. The maximum atomic E-state index is 13.0. The van der Waals surface area contributed by atoms with E-state index in [1.165, 1.54) is 11.3 Å². The van der Waals surface area contributed by atoms with Crippen LogP contribution in [0.3, 0.4) is 0 Å². The highest BCUT2D eigenvalue weighted by Crippen LogP contribution is 2.29. The number of nitrogens with one attached hydrogen (secondary N) is 1. The summed E-state index contributed by atoms with van der Waals surface area (Å²) in [7, 11) is 0. The third-order valence-corrected chi connectivity index (χ3v) is 8.55. The summed E-state index contributed by atoms with van der Waals surface area (Å²) in [6.45, 7) is 5.63. The fourth-order valence-corrected chi connectivity index (χ4v) is 5.85. The molecule has 3 heterocycles. The number of carbonyl (C=O) groups excluding carboxylic acids is 2. The average molecular weight is 594 g/mol. The summed E-state index contributed by atoms with van der Waals surface area (Å²) >= 11 is 19.7. The summed E-state index contributed by atoms with van der Waals surface area (Å²) in [5.74, 6) is 0.0196. The molecule has 8 nitrogen and oxygen atoms in total. The first-order valence-electron chi connectivity index (χ1n) is 12.3. The topological polar surface area (TPSA) is 72.0 Å². The van der Waals surface area contributed by atoms with Crippen molar-refractivity contribution in [2.24, 2.45) is 0 Å². The molecule has 2 fully saturated rings. The van der Waals surface area contributed by atoms with E-state index in [9.17, 15) is 9.59 Å². The van der Waals surface area contributed by atoms with Gasteiger partial charge in [0.1, 0.15) is 5.69 Å². The molecule has 0 atom stereocenters. The number of aromatic nitrogens is 1. The second-order valence-electron chi connectivity index (χ2n) is 9.18. The van der Waals surface area contributed by atoms with Crippen molar-refractivity contribution in [3.05, 3.63) is 68.6 Å². The molecule has 0 bridgehead atoms. The lowest BCUT2D eigenvalue weighted by molar-refractivity contribution is -0.133. The Labute approximate surface area is 240 Å².